The molecule has 3 heteroatoms. The number of unbranched alkanes of at least 4 members (excludes halogenated alkanes) is 8. The van der Waals surface area contributed by atoms with E-state index in [0.717, 1.165) is 24.6 Å². The minimum atomic E-state index is -0.0697. The third-order valence-corrected chi connectivity index (χ3v) is 4.26. The molecule has 1 aromatic carbocycles. The summed E-state index contributed by atoms with van der Waals surface area (Å²) in [7, 11) is 0. The zero-order valence-corrected chi connectivity index (χ0v) is 15.0. The summed E-state index contributed by atoms with van der Waals surface area (Å²) in [5.41, 5.74) is 0.863. The van der Waals surface area contributed by atoms with Gasteiger partial charge in [0.2, 0.25) is 0 Å². The number of phenols is 2. The van der Waals surface area contributed by atoms with E-state index in [9.17, 15) is 10.2 Å². The van der Waals surface area contributed by atoms with Crippen LogP contribution in [-0.2, 0) is 0 Å². The first-order valence-corrected chi connectivity index (χ1v) is 9.35. The normalized spacial score (nSPS) is 11.1. The number of benzene rings is 1. The number of phenolic OH excluding ortho intramolecular Hbond substituents is 2. The highest BCUT2D eigenvalue weighted by Crippen LogP contribution is 2.27. The van der Waals surface area contributed by atoms with Crippen LogP contribution in [0.1, 0.15) is 78.1 Å². The van der Waals surface area contributed by atoms with Crippen molar-refractivity contribution in [3.8, 4) is 11.5 Å². The van der Waals surface area contributed by atoms with Crippen molar-refractivity contribution in [1.29, 1.82) is 0 Å². The summed E-state index contributed by atoms with van der Waals surface area (Å²) in [4.78, 5) is 0. The Morgan fingerprint density at radius 2 is 1.35 bits per heavy atom. The lowest BCUT2D eigenvalue weighted by atomic mass is 10.0. The van der Waals surface area contributed by atoms with Crippen LogP contribution in [0.5, 0.6) is 11.5 Å². The van der Waals surface area contributed by atoms with E-state index >= 15 is 0 Å². The van der Waals surface area contributed by atoms with Crippen molar-refractivity contribution in [1.82, 2.24) is 0 Å². The van der Waals surface area contributed by atoms with Gasteiger partial charge in [0.05, 0.1) is 0 Å². The largest absolute Gasteiger partial charge is 0.504 e. The molecule has 1 rings (SSSR count). The molecule has 0 aliphatic rings. The van der Waals surface area contributed by atoms with Crippen LogP contribution in [0.3, 0.4) is 0 Å². The molecular formula is C20H35NO2. The maximum Gasteiger partial charge on any atom is 0.159 e. The summed E-state index contributed by atoms with van der Waals surface area (Å²) in [6.07, 6.45) is 13.4. The number of hydrogen-bond donors (Lipinski definition) is 3. The molecule has 0 aromatic heterocycles. The molecule has 1 aromatic rings. The first kappa shape index (κ1) is 19.7. The molecular weight excluding hydrogens is 286 g/mol. The molecule has 0 heterocycles. The highest BCUT2D eigenvalue weighted by atomic mass is 16.3. The van der Waals surface area contributed by atoms with Crippen LogP contribution in [0.4, 0.5) is 5.69 Å². The summed E-state index contributed by atoms with van der Waals surface area (Å²) in [6, 6.07) is 4.86. The van der Waals surface area contributed by atoms with Gasteiger partial charge in [-0.2, -0.15) is 0 Å². The van der Waals surface area contributed by atoms with Gasteiger partial charge in [0, 0.05) is 18.3 Å². The Bertz CT molecular complexity index is 418. The lowest BCUT2D eigenvalue weighted by molar-refractivity contribution is 0.404. The predicted octanol–water partition coefficient (Wildman–Crippen LogP) is 6.07. The van der Waals surface area contributed by atoms with E-state index in [1.54, 1.807) is 12.1 Å². The van der Waals surface area contributed by atoms with Crippen LogP contribution in [0.15, 0.2) is 18.2 Å². The Balaban J connectivity index is 1.87. The Hall–Kier alpha value is -1.38. The predicted molar refractivity (Wildman–Crippen MR) is 99.3 cm³/mol. The maximum atomic E-state index is 9.41. The summed E-state index contributed by atoms with van der Waals surface area (Å²) >= 11 is 0. The Morgan fingerprint density at radius 3 is 1.91 bits per heavy atom. The second kappa shape index (κ2) is 12.1. The van der Waals surface area contributed by atoms with Crippen LogP contribution in [0.2, 0.25) is 0 Å². The molecule has 3 nitrogen and oxygen atoms in total. The fraction of sp³-hybridized carbons (Fsp3) is 0.700. The molecule has 0 saturated carbocycles. The van der Waals surface area contributed by atoms with E-state index in [1.165, 1.54) is 63.9 Å². The van der Waals surface area contributed by atoms with E-state index in [2.05, 4.69) is 19.2 Å². The molecule has 0 radical (unpaired) electrons. The van der Waals surface area contributed by atoms with Gasteiger partial charge in [0.15, 0.2) is 11.5 Å². The Morgan fingerprint density at radius 1 is 0.783 bits per heavy atom. The first-order valence-electron chi connectivity index (χ1n) is 9.35. The van der Waals surface area contributed by atoms with Gasteiger partial charge >= 0.3 is 0 Å². The zero-order valence-electron chi connectivity index (χ0n) is 15.0. The topological polar surface area (TPSA) is 52.5 Å². The van der Waals surface area contributed by atoms with E-state index in [-0.39, 0.29) is 11.5 Å². The van der Waals surface area contributed by atoms with Crippen molar-refractivity contribution >= 4 is 5.69 Å². The highest BCUT2D eigenvalue weighted by molar-refractivity contribution is 5.53. The quantitative estimate of drug-likeness (QED) is 0.235. The molecule has 0 fully saturated rings. The van der Waals surface area contributed by atoms with Crippen molar-refractivity contribution in [2.24, 2.45) is 5.92 Å². The molecule has 132 valence electrons. The van der Waals surface area contributed by atoms with Gasteiger partial charge in [-0.1, -0.05) is 71.6 Å². The van der Waals surface area contributed by atoms with Crippen molar-refractivity contribution in [2.75, 3.05) is 11.9 Å². The second-order valence-electron chi connectivity index (χ2n) is 6.99. The minimum Gasteiger partial charge on any atom is -0.504 e. The number of anilines is 1. The van der Waals surface area contributed by atoms with Crippen molar-refractivity contribution in [3.63, 3.8) is 0 Å². The summed E-state index contributed by atoms with van der Waals surface area (Å²) in [6.45, 7) is 5.53. The van der Waals surface area contributed by atoms with Gasteiger partial charge in [-0.05, 0) is 24.5 Å². The standard InChI is InChI=1S/C20H35NO2/c1-17(2)12-10-8-6-4-3-5-7-9-11-15-21-18-13-14-19(22)20(23)16-18/h13-14,16-17,21-23H,3-12,15H2,1-2H3. The fourth-order valence-electron chi connectivity index (χ4n) is 2.78. The zero-order chi connectivity index (χ0) is 16.9. The minimum absolute atomic E-state index is 0.0663. The molecule has 0 aliphatic heterocycles. The number of aromatic hydroxyl groups is 2. The lowest BCUT2D eigenvalue weighted by Crippen LogP contribution is -2.01. The average Bonchev–Trinajstić information content (AvgIpc) is 2.51. The fourth-order valence-corrected chi connectivity index (χ4v) is 2.78. The molecule has 3 N–H and O–H groups in total. The van der Waals surface area contributed by atoms with Crippen LogP contribution in [0.25, 0.3) is 0 Å². The van der Waals surface area contributed by atoms with Gasteiger partial charge in [0.25, 0.3) is 0 Å². The third kappa shape index (κ3) is 10.1. The lowest BCUT2D eigenvalue weighted by Gasteiger charge is -2.07. The summed E-state index contributed by atoms with van der Waals surface area (Å²) in [5.74, 6) is 0.720. The summed E-state index contributed by atoms with van der Waals surface area (Å²) in [5, 5.41) is 21.9. The van der Waals surface area contributed by atoms with Gasteiger partial charge < -0.3 is 15.5 Å². The molecule has 0 bridgehead atoms. The van der Waals surface area contributed by atoms with Crippen LogP contribution in [-0.4, -0.2) is 16.8 Å². The van der Waals surface area contributed by atoms with E-state index in [4.69, 9.17) is 0 Å². The first-order chi connectivity index (χ1) is 11.1. The van der Waals surface area contributed by atoms with Crippen LogP contribution < -0.4 is 5.32 Å². The monoisotopic (exact) mass is 321 g/mol. The van der Waals surface area contributed by atoms with Gasteiger partial charge in [-0.3, -0.25) is 0 Å². The molecule has 0 amide bonds. The molecule has 0 spiro atoms. The van der Waals surface area contributed by atoms with Crippen molar-refractivity contribution in [3.05, 3.63) is 18.2 Å². The van der Waals surface area contributed by atoms with Crippen LogP contribution >= 0.6 is 0 Å². The highest BCUT2D eigenvalue weighted by Gasteiger charge is 2.00. The SMILES string of the molecule is CC(C)CCCCCCCCCCCNc1ccc(O)c(O)c1. The molecule has 0 aliphatic carbocycles. The number of hydrogen-bond acceptors (Lipinski definition) is 3. The second-order valence-corrected chi connectivity index (χ2v) is 6.99. The third-order valence-electron chi connectivity index (χ3n) is 4.26. The molecule has 23 heavy (non-hydrogen) atoms. The van der Waals surface area contributed by atoms with E-state index in [0.29, 0.717) is 0 Å². The molecule has 0 unspecified atom stereocenters. The maximum absolute atomic E-state index is 9.41. The van der Waals surface area contributed by atoms with Gasteiger partial charge in [-0.25, -0.2) is 0 Å². The molecule has 0 atom stereocenters. The van der Waals surface area contributed by atoms with Crippen LogP contribution in [0, 0.1) is 5.92 Å². The molecule has 0 saturated heterocycles. The average molecular weight is 322 g/mol. The van der Waals surface area contributed by atoms with Gasteiger partial charge in [-0.15, -0.1) is 0 Å². The van der Waals surface area contributed by atoms with Crippen molar-refractivity contribution < 1.29 is 10.2 Å². The Kier molecular flexibility index (Phi) is 10.3. The number of nitrogens with one attached hydrogen (secondary N) is 1. The van der Waals surface area contributed by atoms with E-state index in [1.807, 2.05) is 0 Å². The smallest absolute Gasteiger partial charge is 0.159 e. The van der Waals surface area contributed by atoms with Crippen molar-refractivity contribution in [2.45, 2.75) is 78.1 Å². The Labute approximate surface area is 142 Å². The summed E-state index contributed by atoms with van der Waals surface area (Å²) < 4.78 is 0. The van der Waals surface area contributed by atoms with E-state index < -0.39 is 0 Å². The van der Waals surface area contributed by atoms with Gasteiger partial charge in [0.1, 0.15) is 0 Å². The number of rotatable bonds is 13.